The largest absolute Gasteiger partial charge is 0.497 e. The van der Waals surface area contributed by atoms with Crippen molar-refractivity contribution in [1.82, 2.24) is 10.3 Å². The van der Waals surface area contributed by atoms with E-state index in [4.69, 9.17) is 14.2 Å². The predicted octanol–water partition coefficient (Wildman–Crippen LogP) is 2.63. The van der Waals surface area contributed by atoms with E-state index in [0.29, 0.717) is 18.0 Å². The molecule has 1 aliphatic rings. The first-order valence-electron chi connectivity index (χ1n) is 8.05. The molecule has 1 atom stereocenters. The van der Waals surface area contributed by atoms with Gasteiger partial charge in [-0.25, -0.2) is 0 Å². The van der Waals surface area contributed by atoms with Crippen LogP contribution in [0.25, 0.3) is 10.9 Å². The van der Waals surface area contributed by atoms with Crippen molar-refractivity contribution in [2.75, 3.05) is 13.7 Å². The highest BCUT2D eigenvalue weighted by Crippen LogP contribution is 2.30. The molecule has 0 unspecified atom stereocenters. The molecule has 6 nitrogen and oxygen atoms in total. The number of nitrogens with one attached hydrogen (secondary N) is 2. The lowest BCUT2D eigenvalue weighted by Gasteiger charge is -2.25. The Balaban J connectivity index is 1.40. The molecule has 128 valence electrons. The fourth-order valence-electron chi connectivity index (χ4n) is 2.84. The van der Waals surface area contributed by atoms with Gasteiger partial charge in [-0.15, -0.1) is 0 Å². The highest BCUT2D eigenvalue weighted by atomic mass is 16.6. The highest BCUT2D eigenvalue weighted by molar-refractivity contribution is 5.83. The van der Waals surface area contributed by atoms with Gasteiger partial charge in [0.15, 0.2) is 11.5 Å². The fraction of sp³-hybridized carbons (Fsp3) is 0.211. The minimum atomic E-state index is -0.653. The Hall–Kier alpha value is -3.15. The molecule has 1 aliphatic heterocycles. The maximum atomic E-state index is 12.3. The SMILES string of the molecule is COc1ccc2[nH]c(CNC(=O)[C@H]3COc4ccccc4O3)cc2c1. The minimum absolute atomic E-state index is 0.201. The Labute approximate surface area is 144 Å². The molecule has 0 fully saturated rings. The number of rotatable bonds is 4. The molecule has 0 radical (unpaired) electrons. The van der Waals surface area contributed by atoms with E-state index in [9.17, 15) is 4.79 Å². The molecule has 2 N–H and O–H groups in total. The summed E-state index contributed by atoms with van der Waals surface area (Å²) in [6.45, 7) is 0.587. The average Bonchev–Trinajstić information content (AvgIpc) is 3.07. The summed E-state index contributed by atoms with van der Waals surface area (Å²) in [5, 5.41) is 3.92. The molecule has 1 aromatic heterocycles. The van der Waals surface area contributed by atoms with Gasteiger partial charge < -0.3 is 24.5 Å². The third kappa shape index (κ3) is 3.10. The zero-order chi connectivity index (χ0) is 17.2. The molecule has 0 aliphatic carbocycles. The standard InChI is InChI=1S/C19H18N2O4/c1-23-14-6-7-15-12(9-14)8-13(21-15)10-20-19(22)18-11-24-16-4-2-3-5-17(16)25-18/h2-9,18,21H,10-11H2,1H3,(H,20,22)/t18-/m1/s1. The second-order valence-corrected chi connectivity index (χ2v) is 5.83. The van der Waals surface area contributed by atoms with Gasteiger partial charge >= 0.3 is 0 Å². The maximum absolute atomic E-state index is 12.3. The second-order valence-electron chi connectivity index (χ2n) is 5.83. The van der Waals surface area contributed by atoms with E-state index < -0.39 is 6.10 Å². The number of hydrogen-bond acceptors (Lipinski definition) is 4. The van der Waals surface area contributed by atoms with Crippen molar-refractivity contribution in [3.63, 3.8) is 0 Å². The van der Waals surface area contributed by atoms with E-state index in [0.717, 1.165) is 22.3 Å². The summed E-state index contributed by atoms with van der Waals surface area (Å²) in [4.78, 5) is 15.6. The molecule has 4 rings (SSSR count). The van der Waals surface area contributed by atoms with Gasteiger partial charge in [0.2, 0.25) is 6.10 Å². The number of amides is 1. The Morgan fingerprint density at radius 3 is 2.92 bits per heavy atom. The van der Waals surface area contributed by atoms with Crippen molar-refractivity contribution in [2.45, 2.75) is 12.6 Å². The smallest absolute Gasteiger partial charge is 0.265 e. The molecule has 6 heteroatoms. The number of methoxy groups -OCH3 is 1. The number of para-hydroxylation sites is 2. The van der Waals surface area contributed by atoms with Gasteiger partial charge in [-0.05, 0) is 36.4 Å². The van der Waals surface area contributed by atoms with E-state index in [2.05, 4.69) is 10.3 Å². The minimum Gasteiger partial charge on any atom is -0.497 e. The van der Waals surface area contributed by atoms with Gasteiger partial charge in [0.1, 0.15) is 12.4 Å². The zero-order valence-electron chi connectivity index (χ0n) is 13.7. The normalized spacial score (nSPS) is 15.8. The Morgan fingerprint density at radius 1 is 1.24 bits per heavy atom. The molecule has 0 bridgehead atoms. The predicted molar refractivity (Wildman–Crippen MR) is 93.1 cm³/mol. The van der Waals surface area contributed by atoms with Crippen LogP contribution in [0.5, 0.6) is 17.2 Å². The first-order valence-corrected chi connectivity index (χ1v) is 8.05. The molecular weight excluding hydrogens is 320 g/mol. The molecule has 0 saturated heterocycles. The molecule has 25 heavy (non-hydrogen) atoms. The van der Waals surface area contributed by atoms with Crippen LogP contribution in [0.2, 0.25) is 0 Å². The lowest BCUT2D eigenvalue weighted by atomic mass is 10.2. The van der Waals surface area contributed by atoms with Crippen molar-refractivity contribution in [3.8, 4) is 17.2 Å². The molecule has 0 saturated carbocycles. The number of aromatic nitrogens is 1. The quantitative estimate of drug-likeness (QED) is 0.767. The number of benzene rings is 2. The lowest BCUT2D eigenvalue weighted by Crippen LogP contribution is -2.43. The molecule has 3 aromatic rings. The summed E-state index contributed by atoms with van der Waals surface area (Å²) in [7, 11) is 1.64. The van der Waals surface area contributed by atoms with Crippen molar-refractivity contribution in [1.29, 1.82) is 0 Å². The number of ether oxygens (including phenoxy) is 3. The van der Waals surface area contributed by atoms with Crippen LogP contribution in [0.1, 0.15) is 5.69 Å². The van der Waals surface area contributed by atoms with Gasteiger partial charge in [0.25, 0.3) is 5.91 Å². The summed E-state index contributed by atoms with van der Waals surface area (Å²) in [6, 6.07) is 15.1. The number of carbonyl (C=O) groups is 1. The number of aromatic amines is 1. The highest BCUT2D eigenvalue weighted by Gasteiger charge is 2.27. The van der Waals surface area contributed by atoms with E-state index in [1.807, 2.05) is 42.5 Å². The van der Waals surface area contributed by atoms with Crippen molar-refractivity contribution in [2.24, 2.45) is 0 Å². The first-order chi connectivity index (χ1) is 12.2. The first kappa shape index (κ1) is 15.4. The average molecular weight is 338 g/mol. The lowest BCUT2D eigenvalue weighted by molar-refractivity contribution is -0.130. The second kappa shape index (κ2) is 6.39. The molecule has 2 heterocycles. The van der Waals surface area contributed by atoms with Crippen molar-refractivity contribution in [3.05, 3.63) is 54.2 Å². The summed E-state index contributed by atoms with van der Waals surface area (Å²) in [6.07, 6.45) is -0.653. The van der Waals surface area contributed by atoms with Gasteiger partial charge in [0.05, 0.1) is 13.7 Å². The van der Waals surface area contributed by atoms with Crippen LogP contribution in [0.3, 0.4) is 0 Å². The van der Waals surface area contributed by atoms with Gasteiger partial charge in [0, 0.05) is 16.6 Å². The monoisotopic (exact) mass is 338 g/mol. The molecular formula is C19H18N2O4. The number of carbonyl (C=O) groups excluding carboxylic acids is 1. The van der Waals surface area contributed by atoms with Crippen LogP contribution in [0.4, 0.5) is 0 Å². The molecule has 2 aromatic carbocycles. The maximum Gasteiger partial charge on any atom is 0.265 e. The van der Waals surface area contributed by atoms with Crippen LogP contribution < -0.4 is 19.5 Å². The Kier molecular flexibility index (Phi) is 3.93. The van der Waals surface area contributed by atoms with Crippen LogP contribution >= 0.6 is 0 Å². The van der Waals surface area contributed by atoms with Gasteiger partial charge in [-0.1, -0.05) is 12.1 Å². The number of H-pyrrole nitrogens is 1. The van der Waals surface area contributed by atoms with E-state index in [-0.39, 0.29) is 12.5 Å². The van der Waals surface area contributed by atoms with Crippen LogP contribution in [-0.2, 0) is 11.3 Å². The van der Waals surface area contributed by atoms with E-state index in [1.54, 1.807) is 13.2 Å². The number of hydrogen-bond donors (Lipinski definition) is 2. The third-order valence-electron chi connectivity index (χ3n) is 4.14. The van der Waals surface area contributed by atoms with Crippen LogP contribution in [0.15, 0.2) is 48.5 Å². The third-order valence-corrected chi connectivity index (χ3v) is 4.14. The van der Waals surface area contributed by atoms with Gasteiger partial charge in [-0.2, -0.15) is 0 Å². The van der Waals surface area contributed by atoms with E-state index >= 15 is 0 Å². The Morgan fingerprint density at radius 2 is 2.08 bits per heavy atom. The van der Waals surface area contributed by atoms with Crippen LogP contribution in [-0.4, -0.2) is 30.7 Å². The summed E-state index contributed by atoms with van der Waals surface area (Å²) in [5.41, 5.74) is 1.91. The van der Waals surface area contributed by atoms with Crippen LogP contribution in [0, 0.1) is 0 Å². The number of fused-ring (bicyclic) bond motifs is 2. The fourth-order valence-corrected chi connectivity index (χ4v) is 2.84. The van der Waals surface area contributed by atoms with E-state index in [1.165, 1.54) is 0 Å². The van der Waals surface area contributed by atoms with Crippen molar-refractivity contribution < 1.29 is 19.0 Å². The molecule has 1 amide bonds. The zero-order valence-corrected chi connectivity index (χ0v) is 13.7. The molecule has 0 spiro atoms. The summed E-state index contributed by atoms with van der Waals surface area (Å²) >= 11 is 0. The van der Waals surface area contributed by atoms with Gasteiger partial charge in [-0.3, -0.25) is 4.79 Å². The summed E-state index contributed by atoms with van der Waals surface area (Å²) in [5.74, 6) is 1.85. The Bertz CT molecular complexity index is 919. The van der Waals surface area contributed by atoms with Crippen molar-refractivity contribution >= 4 is 16.8 Å². The summed E-state index contributed by atoms with van der Waals surface area (Å²) < 4.78 is 16.5. The topological polar surface area (TPSA) is 72.6 Å².